The van der Waals surface area contributed by atoms with Crippen molar-refractivity contribution in [1.29, 1.82) is 0 Å². The Morgan fingerprint density at radius 3 is 2.90 bits per heavy atom. The lowest BCUT2D eigenvalue weighted by Crippen LogP contribution is -2.44. The van der Waals surface area contributed by atoms with Crippen molar-refractivity contribution >= 4 is 5.91 Å². The fourth-order valence-electron chi connectivity index (χ4n) is 2.94. The second-order valence-electron chi connectivity index (χ2n) is 5.45. The molecular formula is C16H25N3O. The van der Waals surface area contributed by atoms with Crippen LogP contribution in [0.5, 0.6) is 0 Å². The van der Waals surface area contributed by atoms with Crippen LogP contribution in [0.2, 0.25) is 0 Å². The maximum atomic E-state index is 12.4. The maximum Gasteiger partial charge on any atom is 0.226 e. The average molecular weight is 275 g/mol. The van der Waals surface area contributed by atoms with Gasteiger partial charge in [0.05, 0.1) is 5.92 Å². The Labute approximate surface area is 121 Å². The normalized spacial score (nSPS) is 19.8. The predicted molar refractivity (Wildman–Crippen MR) is 80.2 cm³/mol. The first-order valence-corrected chi connectivity index (χ1v) is 7.64. The number of amides is 1. The molecule has 0 aromatic carbocycles. The lowest BCUT2D eigenvalue weighted by Gasteiger charge is -2.34. The summed E-state index contributed by atoms with van der Waals surface area (Å²) >= 11 is 0. The van der Waals surface area contributed by atoms with Crippen LogP contribution in [0.15, 0.2) is 24.5 Å². The lowest BCUT2D eigenvalue weighted by atomic mass is 9.96. The van der Waals surface area contributed by atoms with Gasteiger partial charge in [-0.2, -0.15) is 0 Å². The van der Waals surface area contributed by atoms with Crippen molar-refractivity contribution in [3.05, 3.63) is 30.1 Å². The molecule has 0 bridgehead atoms. The molecule has 1 atom stereocenters. The number of pyridine rings is 1. The Kier molecular flexibility index (Phi) is 5.53. The van der Waals surface area contributed by atoms with E-state index in [1.54, 1.807) is 6.20 Å². The number of hydrogen-bond acceptors (Lipinski definition) is 3. The molecule has 2 heterocycles. The number of aromatic nitrogens is 1. The molecule has 0 saturated carbocycles. The smallest absolute Gasteiger partial charge is 0.226 e. The first-order chi connectivity index (χ1) is 9.74. The van der Waals surface area contributed by atoms with Crippen LogP contribution in [0, 0.1) is 5.92 Å². The molecular weight excluding hydrogens is 250 g/mol. The van der Waals surface area contributed by atoms with Crippen LogP contribution >= 0.6 is 0 Å². The fourth-order valence-corrected chi connectivity index (χ4v) is 2.94. The zero-order valence-electron chi connectivity index (χ0n) is 12.6. The zero-order valence-corrected chi connectivity index (χ0v) is 12.6. The summed E-state index contributed by atoms with van der Waals surface area (Å²) in [5, 5.41) is 0. The molecule has 2 rings (SSSR count). The molecule has 1 saturated heterocycles. The molecule has 4 nitrogen and oxygen atoms in total. The second kappa shape index (κ2) is 7.39. The standard InChI is InChI=1S/C16H25N3O/c1-3-19(4-2)16(20)15-8-6-10-18(13-15)12-14-7-5-9-17-11-14/h5,7,9,11,15H,3-4,6,8,10,12-13H2,1-2H3/t15-/m0/s1. The van der Waals surface area contributed by atoms with Crippen LogP contribution in [0.25, 0.3) is 0 Å². The fraction of sp³-hybridized carbons (Fsp3) is 0.625. The van der Waals surface area contributed by atoms with Gasteiger partial charge in [0.1, 0.15) is 0 Å². The summed E-state index contributed by atoms with van der Waals surface area (Å²) in [6.07, 6.45) is 5.85. The molecule has 110 valence electrons. The summed E-state index contributed by atoms with van der Waals surface area (Å²) in [5.74, 6) is 0.492. The molecule has 4 heteroatoms. The van der Waals surface area contributed by atoms with Crippen molar-refractivity contribution in [2.75, 3.05) is 26.2 Å². The van der Waals surface area contributed by atoms with Gasteiger partial charge in [-0.3, -0.25) is 14.7 Å². The van der Waals surface area contributed by atoms with E-state index < -0.39 is 0 Å². The summed E-state index contributed by atoms with van der Waals surface area (Å²) in [5.41, 5.74) is 1.23. The highest BCUT2D eigenvalue weighted by molar-refractivity contribution is 5.79. The van der Waals surface area contributed by atoms with Gasteiger partial charge in [0.15, 0.2) is 0 Å². The summed E-state index contributed by atoms with van der Waals surface area (Å²) in [4.78, 5) is 20.9. The Bertz CT molecular complexity index is 417. The highest BCUT2D eigenvalue weighted by Crippen LogP contribution is 2.20. The third kappa shape index (κ3) is 3.79. The van der Waals surface area contributed by atoms with Crippen molar-refractivity contribution in [3.63, 3.8) is 0 Å². The molecule has 0 aliphatic carbocycles. The van der Waals surface area contributed by atoms with E-state index in [0.29, 0.717) is 5.91 Å². The third-order valence-electron chi connectivity index (χ3n) is 4.06. The zero-order chi connectivity index (χ0) is 14.4. The predicted octanol–water partition coefficient (Wildman–Crippen LogP) is 2.16. The Hall–Kier alpha value is -1.42. The number of carbonyl (C=O) groups is 1. The molecule has 0 N–H and O–H groups in total. The highest BCUT2D eigenvalue weighted by atomic mass is 16.2. The molecule has 1 aromatic heterocycles. The van der Waals surface area contributed by atoms with E-state index in [4.69, 9.17) is 0 Å². The van der Waals surface area contributed by atoms with Gasteiger partial charge in [-0.15, -0.1) is 0 Å². The maximum absolute atomic E-state index is 12.4. The Morgan fingerprint density at radius 2 is 2.25 bits per heavy atom. The number of carbonyl (C=O) groups excluding carboxylic acids is 1. The Balaban J connectivity index is 1.93. The topological polar surface area (TPSA) is 36.4 Å². The minimum atomic E-state index is 0.167. The van der Waals surface area contributed by atoms with Crippen LogP contribution < -0.4 is 0 Å². The van der Waals surface area contributed by atoms with Crippen LogP contribution in [-0.4, -0.2) is 46.9 Å². The van der Waals surface area contributed by atoms with E-state index in [1.807, 2.05) is 17.2 Å². The lowest BCUT2D eigenvalue weighted by molar-refractivity contribution is -0.137. The number of nitrogens with zero attached hydrogens (tertiary/aromatic N) is 3. The number of rotatable bonds is 5. The molecule has 1 aliphatic heterocycles. The quantitative estimate of drug-likeness (QED) is 0.826. The molecule has 0 radical (unpaired) electrons. The first kappa shape index (κ1) is 15.0. The van der Waals surface area contributed by atoms with E-state index in [1.165, 1.54) is 5.56 Å². The van der Waals surface area contributed by atoms with Crippen molar-refractivity contribution in [3.8, 4) is 0 Å². The van der Waals surface area contributed by atoms with E-state index in [2.05, 4.69) is 29.8 Å². The van der Waals surface area contributed by atoms with Gasteiger partial charge in [-0.05, 0) is 44.9 Å². The molecule has 0 spiro atoms. The minimum absolute atomic E-state index is 0.167. The van der Waals surface area contributed by atoms with Crippen molar-refractivity contribution in [2.45, 2.75) is 33.2 Å². The minimum Gasteiger partial charge on any atom is -0.343 e. The monoisotopic (exact) mass is 275 g/mol. The van der Waals surface area contributed by atoms with Gasteiger partial charge < -0.3 is 4.90 Å². The van der Waals surface area contributed by atoms with Gasteiger partial charge in [0.25, 0.3) is 0 Å². The molecule has 20 heavy (non-hydrogen) atoms. The van der Waals surface area contributed by atoms with Gasteiger partial charge in [0.2, 0.25) is 5.91 Å². The van der Waals surface area contributed by atoms with Crippen LogP contribution in [-0.2, 0) is 11.3 Å². The third-order valence-corrected chi connectivity index (χ3v) is 4.06. The van der Waals surface area contributed by atoms with E-state index in [9.17, 15) is 4.79 Å². The average Bonchev–Trinajstić information content (AvgIpc) is 2.49. The summed E-state index contributed by atoms with van der Waals surface area (Å²) in [6, 6.07) is 4.07. The van der Waals surface area contributed by atoms with Gasteiger partial charge in [0, 0.05) is 38.6 Å². The van der Waals surface area contributed by atoms with E-state index in [-0.39, 0.29) is 5.92 Å². The summed E-state index contributed by atoms with van der Waals surface area (Å²) < 4.78 is 0. The van der Waals surface area contributed by atoms with Crippen LogP contribution in [0.1, 0.15) is 32.3 Å². The van der Waals surface area contributed by atoms with Crippen molar-refractivity contribution in [2.24, 2.45) is 5.92 Å². The number of piperidine rings is 1. The summed E-state index contributed by atoms with van der Waals surface area (Å²) in [6.45, 7) is 8.59. The van der Waals surface area contributed by atoms with Gasteiger partial charge in [-0.25, -0.2) is 0 Å². The second-order valence-corrected chi connectivity index (χ2v) is 5.45. The molecule has 0 unspecified atom stereocenters. The summed E-state index contributed by atoms with van der Waals surface area (Å²) in [7, 11) is 0. The SMILES string of the molecule is CCN(CC)C(=O)[C@H]1CCCN(Cc2cccnc2)C1. The number of likely N-dealkylation sites (tertiary alicyclic amines) is 1. The van der Waals surface area contributed by atoms with Crippen molar-refractivity contribution < 1.29 is 4.79 Å². The highest BCUT2D eigenvalue weighted by Gasteiger charge is 2.28. The first-order valence-electron chi connectivity index (χ1n) is 7.64. The Morgan fingerprint density at radius 1 is 1.45 bits per heavy atom. The number of hydrogen-bond donors (Lipinski definition) is 0. The molecule has 1 amide bonds. The molecule has 1 fully saturated rings. The molecule has 1 aromatic rings. The van der Waals surface area contributed by atoms with Crippen LogP contribution in [0.3, 0.4) is 0 Å². The van der Waals surface area contributed by atoms with Gasteiger partial charge in [-0.1, -0.05) is 6.07 Å². The van der Waals surface area contributed by atoms with E-state index >= 15 is 0 Å². The van der Waals surface area contributed by atoms with E-state index in [0.717, 1.165) is 45.6 Å². The van der Waals surface area contributed by atoms with Crippen molar-refractivity contribution in [1.82, 2.24) is 14.8 Å². The van der Waals surface area contributed by atoms with Crippen LogP contribution in [0.4, 0.5) is 0 Å². The largest absolute Gasteiger partial charge is 0.343 e. The molecule has 1 aliphatic rings. The van der Waals surface area contributed by atoms with Gasteiger partial charge >= 0.3 is 0 Å².